The Morgan fingerprint density at radius 3 is 2.44 bits per heavy atom. The predicted octanol–water partition coefficient (Wildman–Crippen LogP) is 2.65. The molecule has 3 nitrogen and oxygen atoms in total. The Morgan fingerprint density at radius 2 is 1.94 bits per heavy atom. The van der Waals surface area contributed by atoms with Gasteiger partial charge in [-0.25, -0.2) is 0 Å². The molecule has 0 radical (unpaired) electrons. The van der Waals surface area contributed by atoms with Crippen molar-refractivity contribution in [1.82, 2.24) is 4.90 Å². The van der Waals surface area contributed by atoms with Crippen LogP contribution in [0.4, 0.5) is 0 Å². The molecule has 0 N–H and O–H groups in total. The SMILES string of the molecule is CCN(CC)C(=O)C[C@@H](CC=O)CC1SCCS1. The zero-order valence-corrected chi connectivity index (χ0v) is 12.9. The van der Waals surface area contributed by atoms with Gasteiger partial charge >= 0.3 is 0 Å². The summed E-state index contributed by atoms with van der Waals surface area (Å²) in [5.41, 5.74) is 0. The molecule has 0 spiro atoms. The molecular formula is C13H23NO2S2. The molecular weight excluding hydrogens is 266 g/mol. The minimum absolute atomic E-state index is 0.194. The fourth-order valence-electron chi connectivity index (χ4n) is 2.17. The molecule has 1 rings (SSSR count). The van der Waals surface area contributed by atoms with Gasteiger partial charge in [0, 0.05) is 37.4 Å². The van der Waals surface area contributed by atoms with E-state index >= 15 is 0 Å². The second-order valence-corrected chi connectivity index (χ2v) is 7.37. The van der Waals surface area contributed by atoms with Gasteiger partial charge in [-0.3, -0.25) is 4.79 Å². The largest absolute Gasteiger partial charge is 0.343 e. The molecule has 5 heteroatoms. The molecule has 1 amide bonds. The summed E-state index contributed by atoms with van der Waals surface area (Å²) in [5, 5.41) is 0. The number of rotatable bonds is 8. The Kier molecular flexibility index (Phi) is 7.82. The summed E-state index contributed by atoms with van der Waals surface area (Å²) >= 11 is 3.93. The van der Waals surface area contributed by atoms with Crippen LogP contribution >= 0.6 is 23.5 Å². The van der Waals surface area contributed by atoms with Crippen LogP contribution in [0, 0.1) is 5.92 Å². The standard InChI is InChI=1S/C13H23NO2S2/c1-3-14(4-2)12(16)9-11(5-6-15)10-13-17-7-8-18-13/h6,11,13H,3-5,7-10H2,1-2H3/t11-/m1/s1. The third-order valence-electron chi connectivity index (χ3n) is 3.23. The molecule has 1 atom stereocenters. The number of aldehydes is 1. The van der Waals surface area contributed by atoms with Gasteiger partial charge < -0.3 is 9.69 Å². The maximum atomic E-state index is 12.1. The lowest BCUT2D eigenvalue weighted by Crippen LogP contribution is -2.32. The van der Waals surface area contributed by atoms with E-state index in [1.54, 1.807) is 0 Å². The van der Waals surface area contributed by atoms with Gasteiger partial charge in [0.15, 0.2) is 0 Å². The first-order valence-corrected chi connectivity index (χ1v) is 8.75. The maximum absolute atomic E-state index is 12.1. The van der Waals surface area contributed by atoms with E-state index in [1.807, 2.05) is 42.3 Å². The van der Waals surface area contributed by atoms with Crippen LogP contribution in [0.3, 0.4) is 0 Å². The zero-order chi connectivity index (χ0) is 13.4. The molecule has 0 aromatic rings. The number of amides is 1. The van der Waals surface area contributed by atoms with Gasteiger partial charge in [-0.05, 0) is 26.2 Å². The van der Waals surface area contributed by atoms with E-state index in [0.29, 0.717) is 17.4 Å². The molecule has 0 bridgehead atoms. The second-order valence-electron chi connectivity index (χ2n) is 4.45. The molecule has 0 aromatic carbocycles. The van der Waals surface area contributed by atoms with Crippen LogP contribution in [-0.4, -0.2) is 46.3 Å². The van der Waals surface area contributed by atoms with E-state index in [9.17, 15) is 9.59 Å². The summed E-state index contributed by atoms with van der Waals surface area (Å²) in [6.07, 6.45) is 2.99. The van der Waals surface area contributed by atoms with Crippen molar-refractivity contribution in [2.75, 3.05) is 24.6 Å². The molecule has 1 saturated heterocycles. The van der Waals surface area contributed by atoms with Crippen molar-refractivity contribution in [3.05, 3.63) is 0 Å². The zero-order valence-electron chi connectivity index (χ0n) is 11.3. The molecule has 1 fully saturated rings. The Balaban J connectivity index is 2.45. The van der Waals surface area contributed by atoms with E-state index in [-0.39, 0.29) is 11.8 Å². The molecule has 1 aliphatic heterocycles. The topological polar surface area (TPSA) is 37.4 Å². The number of hydrogen-bond acceptors (Lipinski definition) is 4. The Morgan fingerprint density at radius 1 is 1.33 bits per heavy atom. The van der Waals surface area contributed by atoms with Crippen LogP contribution in [0.1, 0.15) is 33.1 Å². The van der Waals surface area contributed by atoms with Gasteiger partial charge in [-0.1, -0.05) is 0 Å². The first-order valence-electron chi connectivity index (χ1n) is 6.65. The summed E-state index contributed by atoms with van der Waals surface area (Å²) in [7, 11) is 0. The lowest BCUT2D eigenvalue weighted by molar-refractivity contribution is -0.131. The van der Waals surface area contributed by atoms with Crippen molar-refractivity contribution in [3.8, 4) is 0 Å². The third kappa shape index (κ3) is 5.22. The van der Waals surface area contributed by atoms with Gasteiger partial charge in [-0.2, -0.15) is 0 Å². The fourth-order valence-corrected chi connectivity index (χ4v) is 5.24. The Labute approximate surface area is 118 Å². The first-order chi connectivity index (χ1) is 8.71. The molecule has 104 valence electrons. The average molecular weight is 289 g/mol. The van der Waals surface area contributed by atoms with Gasteiger partial charge in [-0.15, -0.1) is 23.5 Å². The highest BCUT2D eigenvalue weighted by Crippen LogP contribution is 2.37. The van der Waals surface area contributed by atoms with Gasteiger partial charge in [0.05, 0.1) is 4.58 Å². The number of carbonyl (C=O) groups excluding carboxylic acids is 2. The normalized spacial score (nSPS) is 17.7. The van der Waals surface area contributed by atoms with Crippen molar-refractivity contribution in [1.29, 1.82) is 0 Å². The lowest BCUT2D eigenvalue weighted by Gasteiger charge is -2.23. The summed E-state index contributed by atoms with van der Waals surface area (Å²) in [6.45, 7) is 5.52. The third-order valence-corrected chi connectivity index (χ3v) is 6.31. The quantitative estimate of drug-likeness (QED) is 0.644. The molecule has 0 saturated carbocycles. The highest BCUT2D eigenvalue weighted by Gasteiger charge is 2.24. The number of thioether (sulfide) groups is 2. The fraction of sp³-hybridized carbons (Fsp3) is 0.846. The highest BCUT2D eigenvalue weighted by atomic mass is 32.2. The highest BCUT2D eigenvalue weighted by molar-refractivity contribution is 8.20. The van der Waals surface area contributed by atoms with E-state index in [1.165, 1.54) is 11.5 Å². The van der Waals surface area contributed by atoms with Crippen LogP contribution in [0.25, 0.3) is 0 Å². The van der Waals surface area contributed by atoms with Crippen LogP contribution in [0.15, 0.2) is 0 Å². The monoisotopic (exact) mass is 289 g/mol. The minimum atomic E-state index is 0.194. The maximum Gasteiger partial charge on any atom is 0.222 e. The molecule has 0 aliphatic carbocycles. The average Bonchev–Trinajstić information content (AvgIpc) is 2.83. The van der Waals surface area contributed by atoms with Gasteiger partial charge in [0.25, 0.3) is 0 Å². The van der Waals surface area contributed by atoms with Crippen molar-refractivity contribution >= 4 is 35.7 Å². The van der Waals surface area contributed by atoms with Crippen LogP contribution < -0.4 is 0 Å². The lowest BCUT2D eigenvalue weighted by atomic mass is 9.98. The summed E-state index contributed by atoms with van der Waals surface area (Å²) in [4.78, 5) is 24.7. The van der Waals surface area contributed by atoms with Crippen LogP contribution in [-0.2, 0) is 9.59 Å². The number of hydrogen-bond donors (Lipinski definition) is 0. The Hall–Kier alpha value is -0.160. The van der Waals surface area contributed by atoms with E-state index in [0.717, 1.165) is 25.8 Å². The number of nitrogens with zero attached hydrogens (tertiary/aromatic N) is 1. The first kappa shape index (κ1) is 15.9. The van der Waals surface area contributed by atoms with Crippen molar-refractivity contribution in [2.24, 2.45) is 5.92 Å². The van der Waals surface area contributed by atoms with Gasteiger partial charge in [0.1, 0.15) is 6.29 Å². The number of carbonyl (C=O) groups is 2. The summed E-state index contributed by atoms with van der Waals surface area (Å²) < 4.78 is 0.583. The van der Waals surface area contributed by atoms with E-state index < -0.39 is 0 Å². The molecule has 18 heavy (non-hydrogen) atoms. The van der Waals surface area contributed by atoms with Gasteiger partial charge in [0.2, 0.25) is 5.91 Å². The molecule has 0 aromatic heterocycles. The van der Waals surface area contributed by atoms with E-state index in [4.69, 9.17) is 0 Å². The predicted molar refractivity (Wildman–Crippen MR) is 80.0 cm³/mol. The second kappa shape index (κ2) is 8.86. The van der Waals surface area contributed by atoms with E-state index in [2.05, 4.69) is 0 Å². The summed E-state index contributed by atoms with van der Waals surface area (Å²) in [6, 6.07) is 0. The van der Waals surface area contributed by atoms with Crippen molar-refractivity contribution in [3.63, 3.8) is 0 Å². The molecule has 0 unspecified atom stereocenters. The van der Waals surface area contributed by atoms with Crippen molar-refractivity contribution in [2.45, 2.75) is 37.7 Å². The Bertz CT molecular complexity index is 264. The van der Waals surface area contributed by atoms with Crippen LogP contribution in [0.2, 0.25) is 0 Å². The molecule has 1 aliphatic rings. The van der Waals surface area contributed by atoms with Crippen LogP contribution in [0.5, 0.6) is 0 Å². The minimum Gasteiger partial charge on any atom is -0.343 e. The smallest absolute Gasteiger partial charge is 0.222 e. The molecule has 1 heterocycles. The summed E-state index contributed by atoms with van der Waals surface area (Å²) in [5.74, 6) is 2.82. The van der Waals surface area contributed by atoms with Crippen molar-refractivity contribution < 1.29 is 9.59 Å².